The van der Waals surface area contributed by atoms with Crippen molar-refractivity contribution in [2.75, 3.05) is 19.7 Å². The molecule has 3 rings (SSSR count). The fourth-order valence-corrected chi connectivity index (χ4v) is 4.85. The number of hydrogen-bond acceptors (Lipinski definition) is 3. The molecule has 0 fully saturated rings. The predicted molar refractivity (Wildman–Crippen MR) is 77.0 cm³/mol. The third-order valence-electron chi connectivity index (χ3n) is 4.38. The van der Waals surface area contributed by atoms with Crippen LogP contribution in [0.25, 0.3) is 0 Å². The van der Waals surface area contributed by atoms with Crippen molar-refractivity contribution in [3.63, 3.8) is 0 Å². The van der Waals surface area contributed by atoms with Crippen LogP contribution in [0.1, 0.15) is 49.1 Å². The summed E-state index contributed by atoms with van der Waals surface area (Å²) >= 11 is 1.87. The molecule has 1 atom stereocenters. The van der Waals surface area contributed by atoms with Gasteiger partial charge in [0.05, 0.1) is 6.61 Å². The molecular formula is C15H21NO2S. The highest BCUT2D eigenvalue weighted by Gasteiger charge is 2.42. The molecule has 104 valence electrons. The summed E-state index contributed by atoms with van der Waals surface area (Å²) in [5.74, 6) is 0.498. The van der Waals surface area contributed by atoms with E-state index in [0.717, 1.165) is 25.9 Å². The Balaban J connectivity index is 1.88. The van der Waals surface area contributed by atoms with Gasteiger partial charge in [0.15, 0.2) is 0 Å². The van der Waals surface area contributed by atoms with Crippen LogP contribution < -0.4 is 0 Å². The average Bonchev–Trinajstić information content (AvgIpc) is 2.81. The predicted octanol–water partition coefficient (Wildman–Crippen LogP) is 3.53. The van der Waals surface area contributed by atoms with E-state index in [1.54, 1.807) is 5.56 Å². The van der Waals surface area contributed by atoms with Crippen LogP contribution in [-0.4, -0.2) is 30.7 Å². The summed E-state index contributed by atoms with van der Waals surface area (Å²) in [7, 11) is 0. The summed E-state index contributed by atoms with van der Waals surface area (Å²) in [6.45, 7) is 8.57. The first-order chi connectivity index (χ1) is 9.03. The van der Waals surface area contributed by atoms with Gasteiger partial charge in [0.1, 0.15) is 0 Å². The van der Waals surface area contributed by atoms with Crippen LogP contribution in [0.3, 0.4) is 0 Å². The van der Waals surface area contributed by atoms with Gasteiger partial charge in [0, 0.05) is 23.9 Å². The Hall–Kier alpha value is -1.03. The summed E-state index contributed by atoms with van der Waals surface area (Å²) in [6, 6.07) is 0. The van der Waals surface area contributed by atoms with Crippen molar-refractivity contribution < 1.29 is 9.53 Å². The zero-order chi connectivity index (χ0) is 13.6. The van der Waals surface area contributed by atoms with Gasteiger partial charge in [-0.05, 0) is 41.7 Å². The highest BCUT2D eigenvalue weighted by atomic mass is 32.1. The lowest BCUT2D eigenvalue weighted by Gasteiger charge is -2.24. The summed E-state index contributed by atoms with van der Waals surface area (Å²) in [5.41, 5.74) is 3.32. The van der Waals surface area contributed by atoms with E-state index < -0.39 is 0 Å². The van der Waals surface area contributed by atoms with Gasteiger partial charge in [-0.25, -0.2) is 4.79 Å². The zero-order valence-electron chi connectivity index (χ0n) is 11.9. The van der Waals surface area contributed by atoms with Crippen molar-refractivity contribution in [1.29, 1.82) is 0 Å². The Morgan fingerprint density at radius 3 is 3.11 bits per heavy atom. The molecular weight excluding hydrogens is 258 g/mol. The maximum atomic E-state index is 12.0. The molecule has 0 aromatic carbocycles. The zero-order valence-corrected chi connectivity index (χ0v) is 12.7. The second-order valence-corrected chi connectivity index (χ2v) is 7.13. The summed E-state index contributed by atoms with van der Waals surface area (Å²) in [6.07, 6.45) is 1.98. The quantitative estimate of drug-likeness (QED) is 0.787. The molecule has 2 heterocycles. The number of ether oxygens (including phenoxy) is 1. The van der Waals surface area contributed by atoms with Crippen LogP contribution in [0.15, 0.2) is 5.38 Å². The van der Waals surface area contributed by atoms with Gasteiger partial charge in [-0.2, -0.15) is 0 Å². The fourth-order valence-electron chi connectivity index (χ4n) is 3.53. The number of carbonyl (C=O) groups is 1. The lowest BCUT2D eigenvalue weighted by atomic mass is 9.87. The molecule has 3 nitrogen and oxygen atoms in total. The van der Waals surface area contributed by atoms with Gasteiger partial charge in [-0.15, -0.1) is 11.3 Å². The Bertz CT molecular complexity index is 506. The molecule has 0 radical (unpaired) electrons. The van der Waals surface area contributed by atoms with E-state index in [2.05, 4.69) is 19.2 Å². The van der Waals surface area contributed by atoms with Crippen LogP contribution in [0.5, 0.6) is 0 Å². The molecule has 0 N–H and O–H groups in total. The van der Waals surface area contributed by atoms with Crippen LogP contribution in [-0.2, 0) is 16.6 Å². The standard InChI is InChI=1S/C15H21NO2S/c1-4-18-14(17)16-6-5-12-13-10(8-16)7-15(2,3)11(13)9-19-12/h9-10H,4-8H2,1-3H3/t10-/m0/s1. The van der Waals surface area contributed by atoms with Crippen LogP contribution in [0, 0.1) is 0 Å². The van der Waals surface area contributed by atoms with Gasteiger partial charge in [0.2, 0.25) is 0 Å². The molecule has 1 amide bonds. The first-order valence-electron chi connectivity index (χ1n) is 7.05. The second-order valence-electron chi connectivity index (χ2n) is 6.17. The van der Waals surface area contributed by atoms with Crippen LogP contribution >= 0.6 is 11.3 Å². The third-order valence-corrected chi connectivity index (χ3v) is 5.44. The summed E-state index contributed by atoms with van der Waals surface area (Å²) < 4.78 is 5.16. The molecule has 1 aliphatic heterocycles. The Morgan fingerprint density at radius 2 is 2.37 bits per heavy atom. The number of rotatable bonds is 1. The van der Waals surface area contributed by atoms with Gasteiger partial charge < -0.3 is 9.64 Å². The molecule has 0 saturated carbocycles. The van der Waals surface area contributed by atoms with E-state index in [1.165, 1.54) is 10.4 Å². The first-order valence-corrected chi connectivity index (χ1v) is 7.93. The molecule has 1 aliphatic carbocycles. The van der Waals surface area contributed by atoms with Crippen molar-refractivity contribution >= 4 is 17.4 Å². The van der Waals surface area contributed by atoms with Crippen molar-refractivity contribution in [2.24, 2.45) is 0 Å². The molecule has 0 saturated heterocycles. The highest BCUT2D eigenvalue weighted by Crippen LogP contribution is 2.50. The maximum absolute atomic E-state index is 12.0. The topological polar surface area (TPSA) is 29.5 Å². The Kier molecular flexibility index (Phi) is 3.08. The van der Waals surface area contributed by atoms with Crippen LogP contribution in [0.4, 0.5) is 4.79 Å². The minimum atomic E-state index is -0.149. The number of carbonyl (C=O) groups excluding carboxylic acids is 1. The molecule has 1 aromatic heterocycles. The van der Waals surface area contributed by atoms with Crippen molar-refractivity contribution in [3.05, 3.63) is 21.4 Å². The number of amides is 1. The van der Waals surface area contributed by atoms with E-state index in [9.17, 15) is 4.79 Å². The van der Waals surface area contributed by atoms with Gasteiger partial charge >= 0.3 is 6.09 Å². The third kappa shape index (κ3) is 2.06. The second kappa shape index (κ2) is 4.51. The molecule has 19 heavy (non-hydrogen) atoms. The first kappa shape index (κ1) is 13.0. The van der Waals surface area contributed by atoms with Gasteiger partial charge in [-0.3, -0.25) is 0 Å². The molecule has 0 bridgehead atoms. The minimum absolute atomic E-state index is 0.149. The van der Waals surface area contributed by atoms with Gasteiger partial charge in [0.25, 0.3) is 0 Å². The number of thiophene rings is 1. The molecule has 1 aromatic rings. The molecule has 4 heteroatoms. The number of nitrogens with zero attached hydrogens (tertiary/aromatic N) is 1. The fraction of sp³-hybridized carbons (Fsp3) is 0.667. The van der Waals surface area contributed by atoms with E-state index in [1.807, 2.05) is 23.2 Å². The molecule has 0 unspecified atom stereocenters. The minimum Gasteiger partial charge on any atom is -0.450 e. The normalized spacial score (nSPS) is 23.9. The van der Waals surface area contributed by atoms with E-state index >= 15 is 0 Å². The largest absolute Gasteiger partial charge is 0.450 e. The SMILES string of the molecule is CCOC(=O)N1CCc2scc3c2[C@H](C1)CC3(C)C. The monoisotopic (exact) mass is 279 g/mol. The van der Waals surface area contributed by atoms with Gasteiger partial charge in [-0.1, -0.05) is 13.8 Å². The van der Waals surface area contributed by atoms with E-state index in [0.29, 0.717) is 12.5 Å². The lowest BCUT2D eigenvalue weighted by Crippen LogP contribution is -2.35. The van der Waals surface area contributed by atoms with E-state index in [-0.39, 0.29) is 11.5 Å². The summed E-state index contributed by atoms with van der Waals surface area (Å²) in [5, 5.41) is 2.34. The lowest BCUT2D eigenvalue weighted by molar-refractivity contribution is 0.105. The molecule has 0 spiro atoms. The van der Waals surface area contributed by atoms with E-state index in [4.69, 9.17) is 4.74 Å². The molecule has 2 aliphatic rings. The Morgan fingerprint density at radius 1 is 1.58 bits per heavy atom. The summed E-state index contributed by atoms with van der Waals surface area (Å²) in [4.78, 5) is 15.3. The highest BCUT2D eigenvalue weighted by molar-refractivity contribution is 7.10. The van der Waals surface area contributed by atoms with Crippen LogP contribution in [0.2, 0.25) is 0 Å². The maximum Gasteiger partial charge on any atom is 0.409 e. The Labute approximate surface area is 118 Å². The smallest absolute Gasteiger partial charge is 0.409 e. The van der Waals surface area contributed by atoms with Crippen molar-refractivity contribution in [2.45, 2.75) is 44.9 Å². The van der Waals surface area contributed by atoms with Crippen molar-refractivity contribution in [1.82, 2.24) is 4.90 Å². The number of hydrogen-bond donors (Lipinski definition) is 0. The van der Waals surface area contributed by atoms with Crippen molar-refractivity contribution in [3.8, 4) is 0 Å². The average molecular weight is 279 g/mol.